The van der Waals surface area contributed by atoms with Crippen molar-refractivity contribution in [2.75, 3.05) is 7.11 Å². The monoisotopic (exact) mass is 1290 g/mol. The predicted molar refractivity (Wildman–Crippen MR) is 354 cm³/mol. The van der Waals surface area contributed by atoms with Crippen LogP contribution in [0.25, 0.3) is 49.8 Å². The first-order valence-electron chi connectivity index (χ1n) is 29.9. The lowest BCUT2D eigenvalue weighted by Crippen LogP contribution is -2.20. The average Bonchev–Trinajstić information content (AvgIpc) is 1.65. The molecule has 3 aromatic carbocycles. The van der Waals surface area contributed by atoms with E-state index in [1.165, 1.54) is 35.1 Å². The SMILES string of the molecule is COC(=O)c1nn(-c2cccc(C#CC3(O)CCc4cccnc43)c2)c2cc(C#N)ncc12.N.N#Cc1cc2c(cn1)c(C(N)=O)nn2-c1cccc(C#C[C@@]2(O)CCc3cccnc32)c1.N#Cc1cc2c(cn1)c(C(N)=O)nn2-c1cccc(C#C[C@]2(O)CCc3cccnc32)c1. The molecule has 3 aliphatic rings. The Balaban J connectivity index is 0.000000139. The second-order valence-electron chi connectivity index (χ2n) is 22.6. The number of esters is 1. The quantitative estimate of drug-likeness (QED) is 0.0739. The summed E-state index contributed by atoms with van der Waals surface area (Å²) in [5, 5.41) is 75.2. The molecule has 0 radical (unpaired) electrons. The van der Waals surface area contributed by atoms with Crippen molar-refractivity contribution in [3.05, 3.63) is 249 Å². The Labute approximate surface area is 557 Å². The largest absolute Gasteiger partial charge is 0.464 e. The van der Waals surface area contributed by atoms with Gasteiger partial charge in [0.25, 0.3) is 11.8 Å². The first-order valence-corrected chi connectivity index (χ1v) is 29.9. The Morgan fingerprint density at radius 2 is 0.776 bits per heavy atom. The van der Waals surface area contributed by atoms with Crippen LogP contribution in [0.4, 0.5) is 0 Å². The molecule has 25 nitrogen and oxygen atoms in total. The lowest BCUT2D eigenvalue weighted by atomic mass is 10.0. The number of hydrogen-bond acceptors (Lipinski definition) is 20. The molecule has 15 rings (SSSR count). The number of carbonyl (C=O) groups is 3. The molecule has 10 N–H and O–H groups in total. The van der Waals surface area contributed by atoms with E-state index in [4.69, 9.17) is 16.2 Å². The summed E-state index contributed by atoms with van der Waals surface area (Å²) in [6, 6.07) is 43.7. The number of pyridine rings is 6. The molecule has 0 saturated carbocycles. The van der Waals surface area contributed by atoms with Gasteiger partial charge in [-0.25, -0.2) is 33.8 Å². The van der Waals surface area contributed by atoms with Gasteiger partial charge < -0.3 is 37.7 Å². The van der Waals surface area contributed by atoms with Crippen LogP contribution in [-0.2, 0) is 40.8 Å². The predicted octanol–water partition coefficient (Wildman–Crippen LogP) is 6.76. The van der Waals surface area contributed by atoms with Crippen LogP contribution in [0.1, 0.15) is 118 Å². The Hall–Kier alpha value is -13.6. The van der Waals surface area contributed by atoms with Crippen molar-refractivity contribution in [3.8, 4) is 70.8 Å². The molecule has 9 aromatic heterocycles. The number of fused-ring (bicyclic) bond motifs is 6. The van der Waals surface area contributed by atoms with Gasteiger partial charge in [0.05, 0.1) is 74.0 Å². The van der Waals surface area contributed by atoms with Gasteiger partial charge in [0, 0.05) is 72.1 Å². The van der Waals surface area contributed by atoms with E-state index in [0.29, 0.717) is 103 Å². The second-order valence-corrected chi connectivity index (χ2v) is 22.6. The normalized spacial score (nSPS) is 16.5. The molecule has 0 spiro atoms. The molecule has 2 amide bonds. The number of nitrogens with zero attached hydrogens (tertiary/aromatic N) is 15. The summed E-state index contributed by atoms with van der Waals surface area (Å²) in [5.74, 6) is 16.1. The molecule has 0 bridgehead atoms. The van der Waals surface area contributed by atoms with Gasteiger partial charge >= 0.3 is 5.97 Å². The van der Waals surface area contributed by atoms with Gasteiger partial charge in [-0.15, -0.1) is 0 Å². The average molecular weight is 1290 g/mol. The Kier molecular flexibility index (Phi) is 17.4. The van der Waals surface area contributed by atoms with Gasteiger partial charge in [-0.2, -0.15) is 31.1 Å². The minimum Gasteiger partial charge on any atom is -0.464 e. The number of primary amides is 2. The first-order chi connectivity index (χ1) is 47.0. The maximum absolute atomic E-state index is 12.2. The number of benzene rings is 3. The van der Waals surface area contributed by atoms with E-state index in [0.717, 1.165) is 36.0 Å². The Morgan fingerprint density at radius 1 is 0.459 bits per heavy atom. The maximum Gasteiger partial charge on any atom is 0.359 e. The summed E-state index contributed by atoms with van der Waals surface area (Å²) in [6.45, 7) is 0. The number of rotatable bonds is 6. The van der Waals surface area contributed by atoms with Gasteiger partial charge in [-0.05, 0) is 128 Å². The molecule has 1 unspecified atom stereocenters. The molecule has 9 heterocycles. The number of nitriles is 3. The number of aliphatic hydroxyl groups is 3. The van der Waals surface area contributed by atoms with E-state index in [9.17, 15) is 45.5 Å². The van der Waals surface area contributed by atoms with Crippen molar-refractivity contribution in [3.63, 3.8) is 0 Å². The highest BCUT2D eigenvalue weighted by Crippen LogP contribution is 2.38. The maximum atomic E-state index is 12.2. The first kappa shape index (κ1) is 64.5. The molecule has 3 aliphatic carbocycles. The molecule has 476 valence electrons. The third-order valence-electron chi connectivity index (χ3n) is 16.5. The number of methoxy groups -OCH3 is 1. The van der Waals surface area contributed by atoms with E-state index >= 15 is 0 Å². The fourth-order valence-electron chi connectivity index (χ4n) is 11.8. The van der Waals surface area contributed by atoms with Crippen LogP contribution in [0.3, 0.4) is 0 Å². The lowest BCUT2D eigenvalue weighted by molar-refractivity contribution is 0.0595. The van der Waals surface area contributed by atoms with E-state index < -0.39 is 34.6 Å². The van der Waals surface area contributed by atoms with Crippen LogP contribution < -0.4 is 17.6 Å². The summed E-state index contributed by atoms with van der Waals surface area (Å²) >= 11 is 0. The van der Waals surface area contributed by atoms with E-state index in [-0.39, 0.29) is 40.3 Å². The smallest absolute Gasteiger partial charge is 0.359 e. The standard InChI is InChI=1S/C25H17N5O3.2C24H16N6O2.H3N/c1-33-24(31)22-20-15-28-18(14-26)13-21(20)30(29-22)19-6-2-4-16(12-19)7-9-25(32)10-8-17-5-3-11-27-23(17)25;2*25-13-17-12-20-19(14-28-17)21(23(26)31)29-30(20)18-5-1-3-15(11-18)6-8-24(32)9-7-16-4-2-10-27-22(16)24;/h2-6,11-13,15,32H,8,10H2,1H3;2*1-5,10-12,14,32H,7,9H2,(H2,26,31);1H3/t;2*24-;/m.10./s1. The molecule has 0 saturated heterocycles. The number of aryl methyl sites for hydroxylation is 3. The van der Waals surface area contributed by atoms with Crippen molar-refractivity contribution in [2.24, 2.45) is 11.5 Å². The highest BCUT2D eigenvalue weighted by Gasteiger charge is 2.39. The van der Waals surface area contributed by atoms with Crippen LogP contribution in [0.5, 0.6) is 0 Å². The van der Waals surface area contributed by atoms with Crippen LogP contribution in [-0.4, -0.2) is 99.5 Å². The highest BCUT2D eigenvalue weighted by atomic mass is 16.5. The van der Waals surface area contributed by atoms with Crippen LogP contribution in [0.2, 0.25) is 0 Å². The molecule has 98 heavy (non-hydrogen) atoms. The van der Waals surface area contributed by atoms with E-state index in [1.807, 2.05) is 84.9 Å². The summed E-state index contributed by atoms with van der Waals surface area (Å²) in [7, 11) is 1.28. The van der Waals surface area contributed by atoms with E-state index in [2.05, 4.69) is 80.7 Å². The minimum absolute atomic E-state index is 0. The van der Waals surface area contributed by atoms with Crippen molar-refractivity contribution in [2.45, 2.75) is 55.3 Å². The third-order valence-corrected chi connectivity index (χ3v) is 16.5. The van der Waals surface area contributed by atoms with Gasteiger partial charge in [-0.1, -0.05) is 71.9 Å². The van der Waals surface area contributed by atoms with Crippen molar-refractivity contribution in [1.82, 2.24) is 65.4 Å². The highest BCUT2D eigenvalue weighted by molar-refractivity contribution is 6.05. The van der Waals surface area contributed by atoms with Crippen molar-refractivity contribution in [1.29, 1.82) is 15.8 Å². The summed E-state index contributed by atoms with van der Waals surface area (Å²) in [4.78, 5) is 61.0. The van der Waals surface area contributed by atoms with Gasteiger partial charge in [0.15, 0.2) is 33.9 Å². The molecule has 0 aliphatic heterocycles. The Bertz CT molecular complexity index is 5400. The number of hydrogen-bond donors (Lipinski definition) is 6. The summed E-state index contributed by atoms with van der Waals surface area (Å²) < 4.78 is 9.46. The van der Waals surface area contributed by atoms with Crippen LogP contribution in [0, 0.1) is 69.5 Å². The van der Waals surface area contributed by atoms with Crippen LogP contribution >= 0.6 is 0 Å². The number of carbonyl (C=O) groups excluding carboxylic acids is 3. The summed E-state index contributed by atoms with van der Waals surface area (Å²) in [6.07, 6.45) is 12.9. The number of ether oxygens (including phenoxy) is 1. The van der Waals surface area contributed by atoms with Crippen molar-refractivity contribution < 1.29 is 34.4 Å². The zero-order valence-electron chi connectivity index (χ0n) is 51.9. The molecule has 0 fully saturated rings. The fraction of sp³-hybridized carbons (Fsp3) is 0.137. The molecule has 12 aromatic rings. The second kappa shape index (κ2) is 26.4. The van der Waals surface area contributed by atoms with Gasteiger partial charge in [-0.3, -0.25) is 24.5 Å². The zero-order chi connectivity index (χ0) is 67.6. The molecule has 3 atom stereocenters. The van der Waals surface area contributed by atoms with E-state index in [1.54, 1.807) is 83.9 Å². The lowest BCUT2D eigenvalue weighted by Gasteiger charge is -2.15. The van der Waals surface area contributed by atoms with Gasteiger partial charge in [0.2, 0.25) is 0 Å². The summed E-state index contributed by atoms with van der Waals surface area (Å²) in [5.41, 5.74) is 18.2. The molecular formula is C73H52N18O7. The number of amides is 2. The number of nitrogens with two attached hydrogens (primary N) is 2. The van der Waals surface area contributed by atoms with Gasteiger partial charge in [0.1, 0.15) is 35.3 Å². The molecule has 25 heteroatoms. The van der Waals surface area contributed by atoms with Crippen molar-refractivity contribution >= 4 is 50.5 Å². The van der Waals surface area contributed by atoms with Crippen LogP contribution in [0.15, 0.2) is 165 Å². The topological polar surface area (TPSA) is 410 Å². The fourth-order valence-corrected chi connectivity index (χ4v) is 11.8. The zero-order valence-corrected chi connectivity index (χ0v) is 51.9. The number of aromatic nitrogens is 12. The Morgan fingerprint density at radius 3 is 1.08 bits per heavy atom. The molecular weight excluding hydrogens is 1240 g/mol. The minimum atomic E-state index is -1.30. The third kappa shape index (κ3) is 12.3.